The molecule has 0 aromatic carbocycles. The zero-order valence-corrected chi connectivity index (χ0v) is 9.69. The fraction of sp³-hybridized carbons (Fsp3) is 0.636. The molecule has 0 unspecified atom stereocenters. The first-order chi connectivity index (χ1) is 7.54. The number of nitrogens with zero attached hydrogens (tertiary/aromatic N) is 2. The van der Waals surface area contributed by atoms with Gasteiger partial charge in [-0.3, -0.25) is 14.5 Å². The van der Waals surface area contributed by atoms with Crippen LogP contribution < -0.4 is 5.73 Å². The van der Waals surface area contributed by atoms with E-state index >= 15 is 0 Å². The van der Waals surface area contributed by atoms with Crippen LogP contribution in [0.1, 0.15) is 6.92 Å². The lowest BCUT2D eigenvalue weighted by Gasteiger charge is -2.20. The molecule has 1 saturated heterocycles. The van der Waals surface area contributed by atoms with E-state index in [4.69, 9.17) is 5.73 Å². The van der Waals surface area contributed by atoms with Gasteiger partial charge >= 0.3 is 0 Å². The lowest BCUT2D eigenvalue weighted by Crippen LogP contribution is -2.39. The van der Waals surface area contributed by atoms with Crippen LogP contribution in [0.5, 0.6) is 0 Å². The van der Waals surface area contributed by atoms with E-state index in [1.54, 1.807) is 11.0 Å². The molecule has 2 amide bonds. The van der Waals surface area contributed by atoms with Gasteiger partial charge < -0.3 is 10.6 Å². The van der Waals surface area contributed by atoms with Gasteiger partial charge in [0.15, 0.2) is 0 Å². The summed E-state index contributed by atoms with van der Waals surface area (Å²) in [6.07, 6.45) is 1.79. The summed E-state index contributed by atoms with van der Waals surface area (Å²) >= 11 is 0. The minimum absolute atomic E-state index is 0.00768. The largest absolute Gasteiger partial charge is 0.369 e. The quantitative estimate of drug-likeness (QED) is 0.655. The molecule has 2 N–H and O–H groups in total. The van der Waals surface area contributed by atoms with Crippen molar-refractivity contribution in [3.63, 3.8) is 0 Å². The second kappa shape index (κ2) is 5.65. The Morgan fingerprint density at radius 1 is 1.44 bits per heavy atom. The summed E-state index contributed by atoms with van der Waals surface area (Å²) in [4.78, 5) is 26.3. The third-order valence-corrected chi connectivity index (χ3v) is 2.84. The first-order valence-electron chi connectivity index (χ1n) is 5.42. The molecule has 0 bridgehead atoms. The fourth-order valence-corrected chi connectivity index (χ4v) is 1.89. The monoisotopic (exact) mass is 225 g/mol. The number of hydrogen-bond donors (Lipinski definition) is 1. The highest BCUT2D eigenvalue weighted by atomic mass is 16.2. The molecule has 90 valence electrons. The van der Waals surface area contributed by atoms with Crippen molar-refractivity contribution >= 4 is 11.8 Å². The first-order valence-corrected chi connectivity index (χ1v) is 5.42. The van der Waals surface area contributed by atoms with Gasteiger partial charge in [-0.15, -0.1) is 6.58 Å². The van der Waals surface area contributed by atoms with Crippen molar-refractivity contribution in [3.05, 3.63) is 12.7 Å². The molecule has 16 heavy (non-hydrogen) atoms. The van der Waals surface area contributed by atoms with E-state index in [0.717, 1.165) is 13.1 Å². The van der Waals surface area contributed by atoms with Gasteiger partial charge in [-0.05, 0) is 0 Å². The SMILES string of the molecule is C=CCN1CCN(C(C)=O)C[C@H](C(N)=O)C1. The van der Waals surface area contributed by atoms with Crippen LogP contribution in [-0.2, 0) is 9.59 Å². The Kier molecular flexibility index (Phi) is 4.49. The van der Waals surface area contributed by atoms with Crippen molar-refractivity contribution in [1.29, 1.82) is 0 Å². The van der Waals surface area contributed by atoms with Gasteiger partial charge in [0, 0.05) is 39.6 Å². The Morgan fingerprint density at radius 3 is 2.62 bits per heavy atom. The third-order valence-electron chi connectivity index (χ3n) is 2.84. The number of hydrogen-bond acceptors (Lipinski definition) is 3. The molecule has 1 aliphatic rings. The fourth-order valence-electron chi connectivity index (χ4n) is 1.89. The summed E-state index contributed by atoms with van der Waals surface area (Å²) in [5, 5.41) is 0. The van der Waals surface area contributed by atoms with Crippen molar-refractivity contribution in [2.24, 2.45) is 11.7 Å². The minimum Gasteiger partial charge on any atom is -0.369 e. The van der Waals surface area contributed by atoms with Crippen LogP contribution in [0.2, 0.25) is 0 Å². The minimum atomic E-state index is -0.345. The highest BCUT2D eigenvalue weighted by Gasteiger charge is 2.26. The lowest BCUT2D eigenvalue weighted by molar-refractivity contribution is -0.130. The first kappa shape index (κ1) is 12.7. The molecule has 0 spiro atoms. The second-order valence-corrected chi connectivity index (χ2v) is 4.11. The molecule has 5 heteroatoms. The van der Waals surface area contributed by atoms with Gasteiger partial charge in [0.05, 0.1) is 5.92 Å². The van der Waals surface area contributed by atoms with Crippen molar-refractivity contribution in [2.75, 3.05) is 32.7 Å². The Morgan fingerprint density at radius 2 is 2.12 bits per heavy atom. The third kappa shape index (κ3) is 3.34. The zero-order valence-electron chi connectivity index (χ0n) is 9.69. The zero-order chi connectivity index (χ0) is 12.1. The van der Waals surface area contributed by atoms with Crippen LogP contribution in [0.4, 0.5) is 0 Å². The number of carbonyl (C=O) groups excluding carboxylic acids is 2. The Labute approximate surface area is 95.9 Å². The average Bonchev–Trinajstić information content (AvgIpc) is 2.41. The van der Waals surface area contributed by atoms with Crippen molar-refractivity contribution < 1.29 is 9.59 Å². The van der Waals surface area contributed by atoms with E-state index < -0.39 is 0 Å². The van der Waals surface area contributed by atoms with E-state index in [1.165, 1.54) is 6.92 Å². The van der Waals surface area contributed by atoms with Crippen LogP contribution in [0.25, 0.3) is 0 Å². The molecule has 1 fully saturated rings. The Balaban J connectivity index is 2.71. The molecule has 0 aromatic heterocycles. The van der Waals surface area contributed by atoms with Crippen molar-refractivity contribution in [2.45, 2.75) is 6.92 Å². The van der Waals surface area contributed by atoms with Gasteiger partial charge in [-0.2, -0.15) is 0 Å². The molecule has 0 aliphatic carbocycles. The molecule has 1 rings (SSSR count). The van der Waals surface area contributed by atoms with Gasteiger partial charge in [-0.25, -0.2) is 0 Å². The van der Waals surface area contributed by atoms with E-state index in [2.05, 4.69) is 11.5 Å². The number of carbonyl (C=O) groups is 2. The summed E-state index contributed by atoms with van der Waals surface area (Å²) in [5.41, 5.74) is 5.33. The average molecular weight is 225 g/mol. The highest BCUT2D eigenvalue weighted by Crippen LogP contribution is 2.09. The molecule has 1 atom stereocenters. The molecule has 5 nitrogen and oxygen atoms in total. The van der Waals surface area contributed by atoms with Crippen LogP contribution in [0.15, 0.2) is 12.7 Å². The number of rotatable bonds is 3. The smallest absolute Gasteiger partial charge is 0.223 e. The van der Waals surface area contributed by atoms with Crippen LogP contribution in [0, 0.1) is 5.92 Å². The summed E-state index contributed by atoms with van der Waals surface area (Å²) in [6, 6.07) is 0. The van der Waals surface area contributed by atoms with Gasteiger partial charge in [0.25, 0.3) is 0 Å². The maximum absolute atomic E-state index is 11.3. The standard InChI is InChI=1S/C11H19N3O2/c1-3-4-13-5-6-14(9(2)15)8-10(7-13)11(12)16/h3,10H,1,4-8H2,2H3,(H2,12,16)/t10-/m1/s1. The molecule has 1 aliphatic heterocycles. The van der Waals surface area contributed by atoms with Crippen LogP contribution in [-0.4, -0.2) is 54.3 Å². The summed E-state index contributed by atoms with van der Waals surface area (Å²) in [7, 11) is 0. The number of amides is 2. The Hall–Kier alpha value is -1.36. The molecule has 0 radical (unpaired) electrons. The molecule has 0 aromatic rings. The molecule has 1 heterocycles. The molecular formula is C11H19N3O2. The number of primary amides is 1. The van der Waals surface area contributed by atoms with Crippen LogP contribution in [0.3, 0.4) is 0 Å². The second-order valence-electron chi connectivity index (χ2n) is 4.11. The molecule has 0 saturated carbocycles. The maximum atomic E-state index is 11.3. The normalized spacial score (nSPS) is 22.6. The summed E-state index contributed by atoms with van der Waals surface area (Å²) in [6.45, 7) is 8.34. The predicted octanol–water partition coefficient (Wildman–Crippen LogP) is -0.562. The van der Waals surface area contributed by atoms with Crippen molar-refractivity contribution in [1.82, 2.24) is 9.80 Å². The summed E-state index contributed by atoms with van der Waals surface area (Å²) in [5.74, 6) is -0.639. The number of nitrogens with two attached hydrogens (primary N) is 1. The highest BCUT2D eigenvalue weighted by molar-refractivity contribution is 5.79. The van der Waals surface area contributed by atoms with E-state index in [1.807, 2.05) is 0 Å². The topological polar surface area (TPSA) is 66.6 Å². The van der Waals surface area contributed by atoms with Gasteiger partial charge in [0.1, 0.15) is 0 Å². The van der Waals surface area contributed by atoms with Gasteiger partial charge in [0.2, 0.25) is 11.8 Å². The van der Waals surface area contributed by atoms with E-state index in [0.29, 0.717) is 19.6 Å². The lowest BCUT2D eigenvalue weighted by atomic mass is 10.1. The Bertz CT molecular complexity index is 291. The predicted molar refractivity (Wildman–Crippen MR) is 61.6 cm³/mol. The summed E-state index contributed by atoms with van der Waals surface area (Å²) < 4.78 is 0. The van der Waals surface area contributed by atoms with Crippen molar-refractivity contribution in [3.8, 4) is 0 Å². The van der Waals surface area contributed by atoms with E-state index in [9.17, 15) is 9.59 Å². The van der Waals surface area contributed by atoms with E-state index in [-0.39, 0.29) is 17.7 Å². The maximum Gasteiger partial charge on any atom is 0.223 e. The molecular weight excluding hydrogens is 206 g/mol. The van der Waals surface area contributed by atoms with Gasteiger partial charge in [-0.1, -0.05) is 6.08 Å². The van der Waals surface area contributed by atoms with Crippen LogP contribution >= 0.6 is 0 Å².